The van der Waals surface area contributed by atoms with Gasteiger partial charge < -0.3 is 9.47 Å². The standard InChI is InChI=1S/C55H37N5S/c56-36-49(52(39-16-5-1-6-17-39)40-18-7-2-8-19-40)38-25-29-44(30-26-38)59(42-20-9-3-10-21-42)51-34-32-45(54(58-61)53(51)57)41-28-33-50-48(35-41)47-31-27-37-15-13-14-24-46(37)55(47)60(50)43-22-11-4-12-23-43/h1-35,57,61H/b57-53?,58-54-. The highest BCUT2D eigenvalue weighted by Crippen LogP contribution is 2.40. The van der Waals surface area contributed by atoms with Gasteiger partial charge in [0.25, 0.3) is 0 Å². The molecule has 0 radical (unpaired) electrons. The molecule has 0 bridgehead atoms. The van der Waals surface area contributed by atoms with Gasteiger partial charge in [-0.05, 0) is 101 Å². The zero-order chi connectivity index (χ0) is 41.3. The minimum absolute atomic E-state index is 0.242. The van der Waals surface area contributed by atoms with Crippen LogP contribution in [0.2, 0.25) is 0 Å². The molecule has 61 heavy (non-hydrogen) atoms. The number of benzene rings is 8. The van der Waals surface area contributed by atoms with Gasteiger partial charge in [0.1, 0.15) is 17.5 Å². The van der Waals surface area contributed by atoms with E-state index in [4.69, 9.17) is 0 Å². The topological polar surface area (TPSA) is 68.2 Å². The highest BCUT2D eigenvalue weighted by molar-refractivity contribution is 7.79. The first-order valence-electron chi connectivity index (χ1n) is 20.1. The van der Waals surface area contributed by atoms with Crippen LogP contribution in [0.3, 0.4) is 0 Å². The van der Waals surface area contributed by atoms with E-state index in [0.717, 1.165) is 72.3 Å². The maximum Gasteiger partial charge on any atom is 0.106 e. The molecular formula is C55H37N5S. The van der Waals surface area contributed by atoms with Gasteiger partial charge in [-0.15, -0.1) is 0 Å². The lowest BCUT2D eigenvalue weighted by atomic mass is 9.89. The zero-order valence-corrected chi connectivity index (χ0v) is 33.8. The van der Waals surface area contributed by atoms with Crippen LogP contribution >= 0.6 is 12.8 Å². The quantitative estimate of drug-likeness (QED) is 0.0696. The van der Waals surface area contributed by atoms with E-state index < -0.39 is 0 Å². The lowest BCUT2D eigenvalue weighted by Crippen LogP contribution is -2.30. The molecule has 6 heteroatoms. The first-order valence-corrected chi connectivity index (χ1v) is 20.5. The third-order valence-electron chi connectivity index (χ3n) is 11.4. The smallest absolute Gasteiger partial charge is 0.106 e. The van der Waals surface area contributed by atoms with Gasteiger partial charge in [-0.2, -0.15) is 5.26 Å². The fourth-order valence-electron chi connectivity index (χ4n) is 8.61. The number of aromatic nitrogens is 1. The fourth-order valence-corrected chi connectivity index (χ4v) is 8.82. The van der Waals surface area contributed by atoms with Crippen LogP contribution in [0.1, 0.15) is 22.3 Å². The molecule has 5 nitrogen and oxygen atoms in total. The molecule has 1 heterocycles. The highest BCUT2D eigenvalue weighted by atomic mass is 32.1. The zero-order valence-electron chi connectivity index (χ0n) is 32.9. The second-order valence-corrected chi connectivity index (χ2v) is 15.1. The largest absolute Gasteiger partial charge is 0.309 e. The molecule has 0 fully saturated rings. The Morgan fingerprint density at radius 1 is 0.574 bits per heavy atom. The summed E-state index contributed by atoms with van der Waals surface area (Å²) in [5, 5.41) is 25.0. The van der Waals surface area contributed by atoms with Crippen LogP contribution in [-0.4, -0.2) is 16.0 Å². The number of allylic oxidation sites excluding steroid dienone is 5. The van der Waals surface area contributed by atoms with Crippen molar-refractivity contribution in [2.75, 3.05) is 4.90 Å². The molecule has 0 aliphatic heterocycles. The summed E-state index contributed by atoms with van der Waals surface area (Å²) in [6, 6.07) is 70.6. The van der Waals surface area contributed by atoms with Gasteiger partial charge in [0.2, 0.25) is 0 Å². The van der Waals surface area contributed by atoms with Crippen molar-refractivity contribution in [2.45, 2.75) is 0 Å². The minimum atomic E-state index is 0.242. The molecule has 0 unspecified atom stereocenters. The number of nitriles is 1. The molecule has 0 saturated heterocycles. The van der Waals surface area contributed by atoms with Gasteiger partial charge in [0, 0.05) is 44.4 Å². The van der Waals surface area contributed by atoms with Crippen LogP contribution in [0.5, 0.6) is 0 Å². The third kappa shape index (κ3) is 6.64. The number of thiol groups is 1. The van der Waals surface area contributed by atoms with Crippen molar-refractivity contribution in [1.29, 1.82) is 10.7 Å². The average Bonchev–Trinajstić information content (AvgIpc) is 3.67. The van der Waals surface area contributed by atoms with Crippen molar-refractivity contribution in [3.8, 4) is 11.8 Å². The Morgan fingerprint density at radius 3 is 1.84 bits per heavy atom. The Hall–Kier alpha value is -7.98. The predicted molar refractivity (Wildman–Crippen MR) is 258 cm³/mol. The molecule has 1 N–H and O–H groups in total. The number of fused-ring (bicyclic) bond motifs is 5. The lowest BCUT2D eigenvalue weighted by Gasteiger charge is -2.30. The van der Waals surface area contributed by atoms with Gasteiger partial charge in [0.05, 0.1) is 22.3 Å². The third-order valence-corrected chi connectivity index (χ3v) is 11.6. The summed E-state index contributed by atoms with van der Waals surface area (Å²) in [5.41, 5.74) is 12.4. The first kappa shape index (κ1) is 37.3. The monoisotopic (exact) mass is 799 g/mol. The summed E-state index contributed by atoms with van der Waals surface area (Å²) in [6.45, 7) is 0. The number of anilines is 2. The van der Waals surface area contributed by atoms with Gasteiger partial charge in [-0.25, -0.2) is 4.40 Å². The molecule has 0 atom stereocenters. The molecule has 9 aromatic rings. The normalized spacial score (nSPS) is 13.2. The maximum absolute atomic E-state index is 10.7. The van der Waals surface area contributed by atoms with Gasteiger partial charge in [0.15, 0.2) is 0 Å². The van der Waals surface area contributed by atoms with E-state index in [1.165, 1.54) is 10.8 Å². The Bertz CT molecular complexity index is 3260. The number of nitrogens with zero attached hydrogens (tertiary/aromatic N) is 4. The maximum atomic E-state index is 10.7. The molecule has 1 aromatic heterocycles. The van der Waals surface area contributed by atoms with E-state index in [9.17, 15) is 10.7 Å². The van der Waals surface area contributed by atoms with Crippen molar-refractivity contribution in [2.24, 2.45) is 4.40 Å². The van der Waals surface area contributed by atoms with Crippen molar-refractivity contribution in [3.63, 3.8) is 0 Å². The van der Waals surface area contributed by atoms with E-state index in [-0.39, 0.29) is 5.71 Å². The van der Waals surface area contributed by atoms with E-state index in [1.807, 2.05) is 133 Å². The van der Waals surface area contributed by atoms with Crippen molar-refractivity contribution in [3.05, 3.63) is 240 Å². The van der Waals surface area contributed by atoms with Gasteiger partial charge in [-0.3, -0.25) is 5.41 Å². The molecule has 8 aromatic carbocycles. The summed E-state index contributed by atoms with van der Waals surface area (Å²) in [7, 11) is 0. The molecule has 288 valence electrons. The van der Waals surface area contributed by atoms with Crippen LogP contribution in [-0.2, 0) is 0 Å². The van der Waals surface area contributed by atoms with E-state index in [1.54, 1.807) is 0 Å². The van der Waals surface area contributed by atoms with Crippen molar-refractivity contribution in [1.82, 2.24) is 4.57 Å². The van der Waals surface area contributed by atoms with Crippen molar-refractivity contribution < 1.29 is 0 Å². The number of hydrogen-bond donors (Lipinski definition) is 2. The van der Waals surface area contributed by atoms with Gasteiger partial charge in [-0.1, -0.05) is 152 Å². The predicted octanol–water partition coefficient (Wildman–Crippen LogP) is 13.8. The van der Waals surface area contributed by atoms with Crippen LogP contribution in [0, 0.1) is 16.7 Å². The second kappa shape index (κ2) is 16.0. The summed E-state index contributed by atoms with van der Waals surface area (Å²) >= 11 is 4.49. The molecule has 0 amide bonds. The van der Waals surface area contributed by atoms with E-state index in [2.05, 4.69) is 112 Å². The van der Waals surface area contributed by atoms with Crippen LogP contribution in [0.15, 0.2) is 222 Å². The lowest BCUT2D eigenvalue weighted by molar-refractivity contribution is 1.19. The van der Waals surface area contributed by atoms with E-state index >= 15 is 0 Å². The molecule has 0 spiro atoms. The minimum Gasteiger partial charge on any atom is -0.309 e. The SMILES string of the molecule is N#CC(=C(c1ccccc1)c1ccccc1)c1ccc(N(C2=CC=C(c3ccc4c(c3)c3ccc5ccccc5c3n4-c3ccccc3)/C(=N/S)C2=N)c2ccccc2)cc1. The van der Waals surface area contributed by atoms with Crippen LogP contribution in [0.25, 0.3) is 55.0 Å². The Balaban J connectivity index is 1.09. The second-order valence-electron chi connectivity index (χ2n) is 14.9. The number of para-hydroxylation sites is 2. The van der Waals surface area contributed by atoms with Crippen LogP contribution < -0.4 is 4.90 Å². The summed E-state index contributed by atoms with van der Waals surface area (Å²) in [5.74, 6) is 0. The van der Waals surface area contributed by atoms with Crippen LogP contribution in [0.4, 0.5) is 11.4 Å². The summed E-state index contributed by atoms with van der Waals surface area (Å²) < 4.78 is 6.82. The molecular weight excluding hydrogens is 763 g/mol. The van der Waals surface area contributed by atoms with Crippen molar-refractivity contribution >= 4 is 84.9 Å². The molecule has 1 aliphatic rings. The molecule has 0 saturated carbocycles. The first-order chi connectivity index (χ1) is 30.1. The average molecular weight is 800 g/mol. The highest BCUT2D eigenvalue weighted by Gasteiger charge is 2.28. The Kier molecular flexibility index (Phi) is 9.78. The number of rotatable bonds is 8. The summed E-state index contributed by atoms with van der Waals surface area (Å²) in [4.78, 5) is 2.06. The molecule has 10 rings (SSSR count). The Morgan fingerprint density at radius 2 is 1.18 bits per heavy atom. The number of hydrogen-bond acceptors (Lipinski definition) is 5. The summed E-state index contributed by atoms with van der Waals surface area (Å²) in [6.07, 6.45) is 4.04. The van der Waals surface area contributed by atoms with Gasteiger partial charge >= 0.3 is 0 Å². The molecule has 1 aliphatic carbocycles. The fraction of sp³-hybridized carbons (Fsp3) is 0. The number of nitrogens with one attached hydrogen (secondary N) is 1. The Labute approximate surface area is 359 Å². The van der Waals surface area contributed by atoms with E-state index in [0.29, 0.717) is 17.0 Å².